The molecule has 0 aliphatic heterocycles. The molecule has 6 heteroatoms. The van der Waals surface area contributed by atoms with Gasteiger partial charge in [-0.05, 0) is 24.5 Å². The molecule has 0 bridgehead atoms. The molecular formula is C12H14FN3OS. The first kappa shape index (κ1) is 12.6. The van der Waals surface area contributed by atoms with Crippen LogP contribution in [0.4, 0.5) is 15.2 Å². The van der Waals surface area contributed by atoms with Crippen molar-refractivity contribution >= 4 is 22.4 Å². The summed E-state index contributed by atoms with van der Waals surface area (Å²) in [6.45, 7) is 2.75. The Kier molecular flexibility index (Phi) is 3.99. The highest BCUT2D eigenvalue weighted by molar-refractivity contribution is 7.11. The third kappa shape index (κ3) is 2.70. The maximum Gasteiger partial charge on any atom is 0.197 e. The molecule has 96 valence electrons. The molecule has 0 saturated carbocycles. The number of nitrogen functional groups attached to an aromatic ring is 1. The highest BCUT2D eigenvalue weighted by Crippen LogP contribution is 2.35. The van der Waals surface area contributed by atoms with Crippen LogP contribution < -0.4 is 15.8 Å². The van der Waals surface area contributed by atoms with Gasteiger partial charge in [-0.15, -0.1) is 0 Å². The quantitative estimate of drug-likeness (QED) is 0.874. The molecule has 0 fully saturated rings. The van der Waals surface area contributed by atoms with Crippen LogP contribution >= 0.6 is 11.5 Å². The molecule has 4 nitrogen and oxygen atoms in total. The first-order valence-electron chi connectivity index (χ1n) is 5.57. The van der Waals surface area contributed by atoms with E-state index < -0.39 is 0 Å². The van der Waals surface area contributed by atoms with E-state index in [9.17, 15) is 4.39 Å². The summed E-state index contributed by atoms with van der Waals surface area (Å²) >= 11 is 1.21. The summed E-state index contributed by atoms with van der Waals surface area (Å²) in [6, 6.07) is 6.62. The second kappa shape index (κ2) is 5.68. The number of hydrogen-bond acceptors (Lipinski definition) is 5. The van der Waals surface area contributed by atoms with Crippen LogP contribution in [0, 0.1) is 5.82 Å². The smallest absolute Gasteiger partial charge is 0.197 e. The van der Waals surface area contributed by atoms with Crippen LogP contribution in [-0.4, -0.2) is 11.0 Å². The van der Waals surface area contributed by atoms with Crippen LogP contribution in [0.2, 0.25) is 0 Å². The fourth-order valence-electron chi connectivity index (χ4n) is 1.51. The number of benzene rings is 1. The number of rotatable bonds is 5. The van der Waals surface area contributed by atoms with Crippen LogP contribution in [-0.2, 0) is 6.54 Å². The van der Waals surface area contributed by atoms with Gasteiger partial charge in [-0.3, -0.25) is 0 Å². The van der Waals surface area contributed by atoms with E-state index in [1.54, 1.807) is 18.2 Å². The molecule has 1 heterocycles. The number of nitrogens with two attached hydrogens (primary N) is 1. The number of ether oxygens (including phenoxy) is 1. The standard InChI is InChI=1S/C12H14FN3OS/c1-2-17-10-11(14)16-18-12(10)15-7-8-5-3-4-6-9(8)13/h3-6,15H,2,7H2,1H3,(H2,14,16). The number of aromatic nitrogens is 1. The molecule has 0 aliphatic carbocycles. The maximum atomic E-state index is 13.4. The fourth-order valence-corrected chi connectivity index (χ4v) is 2.16. The SMILES string of the molecule is CCOc1c(N)nsc1NCc1ccccc1F. The Balaban J connectivity index is 2.09. The topological polar surface area (TPSA) is 60.2 Å². The zero-order chi connectivity index (χ0) is 13.0. The van der Waals surface area contributed by atoms with Crippen molar-refractivity contribution in [2.75, 3.05) is 17.7 Å². The van der Waals surface area contributed by atoms with Gasteiger partial charge in [0.05, 0.1) is 6.61 Å². The summed E-state index contributed by atoms with van der Waals surface area (Å²) in [5, 5.41) is 3.81. The number of nitrogens with one attached hydrogen (secondary N) is 1. The third-order valence-electron chi connectivity index (χ3n) is 2.36. The maximum absolute atomic E-state index is 13.4. The van der Waals surface area contributed by atoms with Crippen LogP contribution in [0.25, 0.3) is 0 Å². The number of nitrogens with zero attached hydrogens (tertiary/aromatic N) is 1. The van der Waals surface area contributed by atoms with Crippen molar-refractivity contribution in [3.63, 3.8) is 0 Å². The average molecular weight is 267 g/mol. The summed E-state index contributed by atoms with van der Waals surface area (Å²) in [4.78, 5) is 0. The van der Waals surface area contributed by atoms with Crippen LogP contribution in [0.1, 0.15) is 12.5 Å². The van der Waals surface area contributed by atoms with E-state index in [2.05, 4.69) is 9.69 Å². The van der Waals surface area contributed by atoms with E-state index in [0.717, 1.165) is 5.00 Å². The molecule has 0 aliphatic rings. The van der Waals surface area contributed by atoms with Gasteiger partial charge >= 0.3 is 0 Å². The van der Waals surface area contributed by atoms with E-state index in [1.807, 2.05) is 6.92 Å². The highest BCUT2D eigenvalue weighted by atomic mass is 32.1. The van der Waals surface area contributed by atoms with E-state index in [0.29, 0.717) is 30.3 Å². The van der Waals surface area contributed by atoms with Gasteiger partial charge in [-0.2, -0.15) is 4.37 Å². The van der Waals surface area contributed by atoms with Gasteiger partial charge in [0.2, 0.25) is 0 Å². The van der Waals surface area contributed by atoms with Gasteiger partial charge < -0.3 is 15.8 Å². The van der Waals surface area contributed by atoms with Crippen LogP contribution in [0.15, 0.2) is 24.3 Å². The minimum atomic E-state index is -0.236. The normalized spacial score (nSPS) is 10.3. The van der Waals surface area contributed by atoms with E-state index in [4.69, 9.17) is 10.5 Å². The Hall–Kier alpha value is -1.82. The summed E-state index contributed by atoms with van der Waals surface area (Å²) in [7, 11) is 0. The third-order valence-corrected chi connectivity index (χ3v) is 3.16. The lowest BCUT2D eigenvalue weighted by Gasteiger charge is -2.08. The molecule has 1 aromatic heterocycles. The minimum absolute atomic E-state index is 0.236. The molecule has 0 spiro atoms. The van der Waals surface area contributed by atoms with Crippen molar-refractivity contribution in [1.82, 2.24) is 4.37 Å². The van der Waals surface area contributed by atoms with Crippen molar-refractivity contribution in [3.8, 4) is 5.75 Å². The molecule has 0 amide bonds. The Morgan fingerprint density at radius 3 is 2.94 bits per heavy atom. The molecule has 0 radical (unpaired) electrons. The van der Waals surface area contributed by atoms with Crippen LogP contribution in [0.5, 0.6) is 5.75 Å². The molecule has 2 rings (SSSR count). The molecular weight excluding hydrogens is 253 g/mol. The number of anilines is 2. The second-order valence-electron chi connectivity index (χ2n) is 3.60. The van der Waals surface area contributed by atoms with Crippen molar-refractivity contribution in [1.29, 1.82) is 0 Å². The van der Waals surface area contributed by atoms with Crippen molar-refractivity contribution in [3.05, 3.63) is 35.6 Å². The van der Waals surface area contributed by atoms with E-state index in [-0.39, 0.29) is 5.82 Å². The molecule has 0 saturated heterocycles. The summed E-state index contributed by atoms with van der Waals surface area (Å²) in [6.07, 6.45) is 0. The van der Waals surface area contributed by atoms with Gasteiger partial charge in [-0.1, -0.05) is 18.2 Å². The van der Waals surface area contributed by atoms with Crippen molar-refractivity contribution < 1.29 is 9.13 Å². The van der Waals surface area contributed by atoms with Crippen molar-refractivity contribution in [2.45, 2.75) is 13.5 Å². The fraction of sp³-hybridized carbons (Fsp3) is 0.250. The average Bonchev–Trinajstić information content (AvgIpc) is 2.71. The lowest BCUT2D eigenvalue weighted by Crippen LogP contribution is -2.03. The van der Waals surface area contributed by atoms with Crippen molar-refractivity contribution in [2.24, 2.45) is 0 Å². The van der Waals surface area contributed by atoms with Gasteiger partial charge in [0.1, 0.15) is 5.82 Å². The Labute approximate surface area is 109 Å². The molecule has 18 heavy (non-hydrogen) atoms. The highest BCUT2D eigenvalue weighted by Gasteiger charge is 2.12. The Morgan fingerprint density at radius 2 is 2.22 bits per heavy atom. The first-order chi connectivity index (χ1) is 8.72. The molecule has 1 aromatic carbocycles. The van der Waals surface area contributed by atoms with Gasteiger partial charge in [-0.25, -0.2) is 4.39 Å². The molecule has 0 atom stereocenters. The minimum Gasteiger partial charge on any atom is -0.487 e. The molecule has 2 aromatic rings. The monoisotopic (exact) mass is 267 g/mol. The Morgan fingerprint density at radius 1 is 1.44 bits per heavy atom. The lowest BCUT2D eigenvalue weighted by molar-refractivity contribution is 0.344. The second-order valence-corrected chi connectivity index (χ2v) is 4.38. The van der Waals surface area contributed by atoms with Crippen LogP contribution in [0.3, 0.4) is 0 Å². The van der Waals surface area contributed by atoms with E-state index >= 15 is 0 Å². The molecule has 0 unspecified atom stereocenters. The number of halogens is 1. The molecule has 3 N–H and O–H groups in total. The summed E-state index contributed by atoms with van der Waals surface area (Å²) in [5.41, 5.74) is 6.28. The first-order valence-corrected chi connectivity index (χ1v) is 6.35. The van der Waals surface area contributed by atoms with E-state index in [1.165, 1.54) is 17.6 Å². The van der Waals surface area contributed by atoms with Gasteiger partial charge in [0, 0.05) is 12.1 Å². The Bertz CT molecular complexity index is 530. The zero-order valence-electron chi connectivity index (χ0n) is 9.94. The van der Waals surface area contributed by atoms with Gasteiger partial charge in [0.25, 0.3) is 0 Å². The largest absolute Gasteiger partial charge is 0.487 e. The lowest BCUT2D eigenvalue weighted by atomic mass is 10.2. The summed E-state index contributed by atoms with van der Waals surface area (Å²) in [5.74, 6) is 0.664. The zero-order valence-corrected chi connectivity index (χ0v) is 10.8. The predicted molar refractivity (Wildman–Crippen MR) is 71.4 cm³/mol. The number of hydrogen-bond donors (Lipinski definition) is 2. The predicted octanol–water partition coefficient (Wildman–Crippen LogP) is 2.88. The van der Waals surface area contributed by atoms with Gasteiger partial charge in [0.15, 0.2) is 16.6 Å². The summed E-state index contributed by atoms with van der Waals surface area (Å²) < 4.78 is 22.8.